The third-order valence-electron chi connectivity index (χ3n) is 2.46. The summed E-state index contributed by atoms with van der Waals surface area (Å²) in [6, 6.07) is 8.07. The summed E-state index contributed by atoms with van der Waals surface area (Å²) in [4.78, 5) is 0. The number of hydrogen-bond donors (Lipinski definition) is 1. The number of ether oxygens (including phenoxy) is 1. The molecule has 4 heteroatoms. The summed E-state index contributed by atoms with van der Waals surface area (Å²) in [5, 5.41) is 4.23. The largest absolute Gasteiger partial charge is 0.492 e. The van der Waals surface area contributed by atoms with Crippen molar-refractivity contribution in [3.05, 3.63) is 50.6 Å². The van der Waals surface area contributed by atoms with E-state index in [2.05, 4.69) is 32.8 Å². The van der Waals surface area contributed by atoms with Crippen LogP contribution < -0.4 is 10.5 Å². The molecule has 0 aliphatic rings. The first-order chi connectivity index (χ1) is 8.29. The van der Waals surface area contributed by atoms with Crippen LogP contribution in [-0.2, 0) is 13.0 Å². The summed E-state index contributed by atoms with van der Waals surface area (Å²) in [6.07, 6.45) is 0.939. The van der Waals surface area contributed by atoms with Gasteiger partial charge in [-0.2, -0.15) is 11.3 Å². The molecule has 0 bridgehead atoms. The van der Waals surface area contributed by atoms with E-state index in [0.717, 1.165) is 22.2 Å². The zero-order valence-corrected chi connectivity index (χ0v) is 11.8. The predicted octanol–water partition coefficient (Wildman–Crippen LogP) is 3.59. The van der Waals surface area contributed by atoms with Crippen molar-refractivity contribution in [3.63, 3.8) is 0 Å². The van der Waals surface area contributed by atoms with Gasteiger partial charge in [0.2, 0.25) is 0 Å². The summed E-state index contributed by atoms with van der Waals surface area (Å²) in [7, 11) is 0. The van der Waals surface area contributed by atoms with Crippen molar-refractivity contribution < 1.29 is 4.74 Å². The van der Waals surface area contributed by atoms with Crippen LogP contribution in [0.2, 0.25) is 0 Å². The van der Waals surface area contributed by atoms with Crippen LogP contribution >= 0.6 is 27.3 Å². The quantitative estimate of drug-likeness (QED) is 0.916. The van der Waals surface area contributed by atoms with E-state index < -0.39 is 0 Å². The maximum atomic E-state index is 5.73. The lowest BCUT2D eigenvalue weighted by Gasteiger charge is -2.08. The molecule has 1 heterocycles. The molecule has 0 spiro atoms. The normalized spacial score (nSPS) is 10.5. The Hall–Kier alpha value is -0.840. The van der Waals surface area contributed by atoms with Crippen molar-refractivity contribution >= 4 is 27.3 Å². The summed E-state index contributed by atoms with van der Waals surface area (Å²) < 4.78 is 6.69. The Morgan fingerprint density at radius 2 is 2.12 bits per heavy atom. The minimum atomic E-state index is 0.549. The number of benzene rings is 1. The second-order valence-electron chi connectivity index (χ2n) is 3.70. The standard InChI is InChI=1S/C13H14BrNOS/c14-12-7-11(8-15)1-2-13(12)16-5-3-10-4-6-17-9-10/h1-2,4,6-7,9H,3,5,8,15H2. The van der Waals surface area contributed by atoms with E-state index in [9.17, 15) is 0 Å². The van der Waals surface area contributed by atoms with Crippen molar-refractivity contribution in [2.75, 3.05) is 6.61 Å². The van der Waals surface area contributed by atoms with Gasteiger partial charge in [-0.25, -0.2) is 0 Å². The molecule has 0 unspecified atom stereocenters. The first kappa shape index (κ1) is 12.6. The Balaban J connectivity index is 1.90. The topological polar surface area (TPSA) is 35.2 Å². The molecule has 0 atom stereocenters. The SMILES string of the molecule is NCc1ccc(OCCc2ccsc2)c(Br)c1. The van der Waals surface area contributed by atoms with Crippen LogP contribution in [0.3, 0.4) is 0 Å². The van der Waals surface area contributed by atoms with E-state index >= 15 is 0 Å². The van der Waals surface area contributed by atoms with Gasteiger partial charge in [-0.05, 0) is 56.0 Å². The van der Waals surface area contributed by atoms with E-state index in [4.69, 9.17) is 10.5 Å². The minimum absolute atomic E-state index is 0.549. The predicted molar refractivity (Wildman–Crippen MR) is 75.6 cm³/mol. The van der Waals surface area contributed by atoms with Crippen LogP contribution in [0.25, 0.3) is 0 Å². The molecule has 2 N–H and O–H groups in total. The maximum absolute atomic E-state index is 5.73. The van der Waals surface area contributed by atoms with Crippen LogP contribution in [0.4, 0.5) is 0 Å². The fraction of sp³-hybridized carbons (Fsp3) is 0.231. The molecule has 2 nitrogen and oxygen atoms in total. The van der Waals surface area contributed by atoms with Gasteiger partial charge in [0.05, 0.1) is 11.1 Å². The monoisotopic (exact) mass is 311 g/mol. The fourth-order valence-electron chi connectivity index (χ4n) is 1.50. The summed E-state index contributed by atoms with van der Waals surface area (Å²) in [6.45, 7) is 1.24. The lowest BCUT2D eigenvalue weighted by Crippen LogP contribution is -2.02. The second-order valence-corrected chi connectivity index (χ2v) is 5.33. The van der Waals surface area contributed by atoms with Gasteiger partial charge in [-0.1, -0.05) is 6.07 Å². The highest BCUT2D eigenvalue weighted by Gasteiger charge is 2.02. The van der Waals surface area contributed by atoms with E-state index in [1.807, 2.05) is 18.2 Å². The van der Waals surface area contributed by atoms with Crippen LogP contribution in [0.1, 0.15) is 11.1 Å². The van der Waals surface area contributed by atoms with Crippen molar-refractivity contribution in [2.45, 2.75) is 13.0 Å². The lowest BCUT2D eigenvalue weighted by atomic mass is 10.2. The average Bonchev–Trinajstić information content (AvgIpc) is 2.84. The molecule has 0 aliphatic carbocycles. The van der Waals surface area contributed by atoms with Gasteiger partial charge >= 0.3 is 0 Å². The highest BCUT2D eigenvalue weighted by molar-refractivity contribution is 9.10. The average molecular weight is 312 g/mol. The Bertz CT molecular complexity index is 470. The summed E-state index contributed by atoms with van der Waals surface area (Å²) in [5.74, 6) is 0.873. The molecule has 0 amide bonds. The number of halogens is 1. The summed E-state index contributed by atoms with van der Waals surface area (Å²) >= 11 is 5.20. The van der Waals surface area contributed by atoms with E-state index in [1.165, 1.54) is 5.56 Å². The fourth-order valence-corrected chi connectivity index (χ4v) is 2.75. The molecule has 0 fully saturated rings. The molecule has 1 aromatic carbocycles. The Labute approximate surface area is 114 Å². The Kier molecular flexibility index (Phi) is 4.59. The molecular formula is C13H14BrNOS. The van der Waals surface area contributed by atoms with Crippen LogP contribution in [0, 0.1) is 0 Å². The van der Waals surface area contributed by atoms with Crippen LogP contribution in [0.15, 0.2) is 39.5 Å². The van der Waals surface area contributed by atoms with Crippen molar-refractivity contribution in [1.82, 2.24) is 0 Å². The van der Waals surface area contributed by atoms with Crippen molar-refractivity contribution in [3.8, 4) is 5.75 Å². The minimum Gasteiger partial charge on any atom is -0.492 e. The van der Waals surface area contributed by atoms with Gasteiger partial charge in [0, 0.05) is 13.0 Å². The number of thiophene rings is 1. The highest BCUT2D eigenvalue weighted by atomic mass is 79.9. The lowest BCUT2D eigenvalue weighted by molar-refractivity contribution is 0.320. The molecule has 0 saturated carbocycles. The molecule has 1 aromatic heterocycles. The first-order valence-corrected chi connectivity index (χ1v) is 7.15. The Morgan fingerprint density at radius 3 is 2.76 bits per heavy atom. The van der Waals surface area contributed by atoms with Gasteiger partial charge in [-0.3, -0.25) is 0 Å². The van der Waals surface area contributed by atoms with Gasteiger partial charge < -0.3 is 10.5 Å². The highest BCUT2D eigenvalue weighted by Crippen LogP contribution is 2.26. The first-order valence-electron chi connectivity index (χ1n) is 5.42. The smallest absolute Gasteiger partial charge is 0.133 e. The Morgan fingerprint density at radius 1 is 1.24 bits per heavy atom. The number of rotatable bonds is 5. The van der Waals surface area contributed by atoms with Crippen molar-refractivity contribution in [2.24, 2.45) is 5.73 Å². The third-order valence-corrected chi connectivity index (χ3v) is 3.81. The molecule has 0 saturated heterocycles. The van der Waals surface area contributed by atoms with Crippen LogP contribution in [0.5, 0.6) is 5.75 Å². The van der Waals surface area contributed by atoms with E-state index in [1.54, 1.807) is 11.3 Å². The van der Waals surface area contributed by atoms with E-state index in [0.29, 0.717) is 13.2 Å². The number of nitrogens with two attached hydrogens (primary N) is 1. The molecule has 2 rings (SSSR count). The van der Waals surface area contributed by atoms with Gasteiger partial charge in [0.25, 0.3) is 0 Å². The van der Waals surface area contributed by atoms with Crippen LogP contribution in [-0.4, -0.2) is 6.61 Å². The van der Waals surface area contributed by atoms with Gasteiger partial charge in [-0.15, -0.1) is 0 Å². The molecular weight excluding hydrogens is 298 g/mol. The van der Waals surface area contributed by atoms with Gasteiger partial charge in [0.1, 0.15) is 5.75 Å². The molecule has 90 valence electrons. The molecule has 17 heavy (non-hydrogen) atoms. The number of hydrogen-bond acceptors (Lipinski definition) is 3. The molecule has 0 aliphatic heterocycles. The maximum Gasteiger partial charge on any atom is 0.133 e. The van der Waals surface area contributed by atoms with Crippen molar-refractivity contribution in [1.29, 1.82) is 0 Å². The van der Waals surface area contributed by atoms with E-state index in [-0.39, 0.29) is 0 Å². The second kappa shape index (κ2) is 6.19. The molecule has 2 aromatic rings. The molecule has 0 radical (unpaired) electrons. The zero-order chi connectivity index (χ0) is 12.1. The zero-order valence-electron chi connectivity index (χ0n) is 9.36. The van der Waals surface area contributed by atoms with Gasteiger partial charge in [0.15, 0.2) is 0 Å². The third kappa shape index (κ3) is 3.56. The summed E-state index contributed by atoms with van der Waals surface area (Å²) in [5.41, 5.74) is 8.00.